The monoisotopic (exact) mass is 402 g/mol. The van der Waals surface area contributed by atoms with Crippen molar-refractivity contribution in [2.75, 3.05) is 26.2 Å². The number of benzene rings is 1. The van der Waals surface area contributed by atoms with Crippen LogP contribution in [0.4, 0.5) is 0 Å². The fourth-order valence-electron chi connectivity index (χ4n) is 3.17. The number of para-hydroxylation sites is 2. The van der Waals surface area contributed by atoms with Gasteiger partial charge in [-0.25, -0.2) is 4.98 Å². The lowest BCUT2D eigenvalue weighted by molar-refractivity contribution is -0.134. The average molecular weight is 403 g/mol. The molecule has 1 saturated heterocycles. The lowest BCUT2D eigenvalue weighted by atomic mass is 10.1. The van der Waals surface area contributed by atoms with Gasteiger partial charge in [0.25, 0.3) is 0 Å². The van der Waals surface area contributed by atoms with Crippen molar-refractivity contribution in [3.8, 4) is 0 Å². The summed E-state index contributed by atoms with van der Waals surface area (Å²) in [5.41, 5.74) is 7.53. The van der Waals surface area contributed by atoms with Gasteiger partial charge >= 0.3 is 0 Å². The van der Waals surface area contributed by atoms with Crippen molar-refractivity contribution in [3.05, 3.63) is 30.6 Å². The summed E-state index contributed by atoms with van der Waals surface area (Å²) in [6.45, 7) is 3.64. The molecule has 3 rings (SSSR count). The molecular formula is C18H28Cl2N4O2. The highest BCUT2D eigenvalue weighted by Gasteiger charge is 2.22. The first-order valence-corrected chi connectivity index (χ1v) is 8.77. The van der Waals surface area contributed by atoms with Crippen molar-refractivity contribution in [1.82, 2.24) is 14.5 Å². The summed E-state index contributed by atoms with van der Waals surface area (Å²) in [5, 5.41) is 0. The number of likely N-dealkylation sites (tertiary alicyclic amines) is 1. The first kappa shape index (κ1) is 22.7. The molecule has 0 unspecified atom stereocenters. The third-order valence-electron chi connectivity index (χ3n) is 4.59. The van der Waals surface area contributed by atoms with E-state index in [2.05, 4.69) is 9.55 Å². The topological polar surface area (TPSA) is 73.4 Å². The molecule has 0 bridgehead atoms. The molecule has 0 atom stereocenters. The van der Waals surface area contributed by atoms with Crippen molar-refractivity contribution in [2.24, 2.45) is 5.73 Å². The summed E-state index contributed by atoms with van der Waals surface area (Å²) in [6.07, 6.45) is 5.35. The van der Waals surface area contributed by atoms with Crippen LogP contribution in [-0.4, -0.2) is 52.7 Å². The zero-order valence-electron chi connectivity index (χ0n) is 14.9. The van der Waals surface area contributed by atoms with Gasteiger partial charge in [0.05, 0.1) is 23.5 Å². The van der Waals surface area contributed by atoms with E-state index in [-0.39, 0.29) is 36.8 Å². The van der Waals surface area contributed by atoms with Gasteiger partial charge < -0.3 is 19.9 Å². The first-order chi connectivity index (χ1) is 11.8. The number of aryl methyl sites for hydroxylation is 1. The predicted molar refractivity (Wildman–Crippen MR) is 108 cm³/mol. The van der Waals surface area contributed by atoms with Gasteiger partial charge in [-0.15, -0.1) is 24.8 Å². The molecule has 2 N–H and O–H groups in total. The number of amides is 1. The molecule has 2 heterocycles. The van der Waals surface area contributed by atoms with Gasteiger partial charge in [0.2, 0.25) is 5.91 Å². The Bertz CT molecular complexity index is 672. The van der Waals surface area contributed by atoms with E-state index in [0.717, 1.165) is 50.0 Å². The van der Waals surface area contributed by atoms with Gasteiger partial charge in [0.15, 0.2) is 0 Å². The fourth-order valence-corrected chi connectivity index (χ4v) is 3.17. The Hall–Kier alpha value is -1.34. The van der Waals surface area contributed by atoms with E-state index < -0.39 is 0 Å². The Labute approximate surface area is 166 Å². The Kier molecular flexibility index (Phi) is 9.94. The molecule has 26 heavy (non-hydrogen) atoms. The number of carbonyl (C=O) groups excluding carboxylic acids is 1. The molecule has 1 aliphatic heterocycles. The van der Waals surface area contributed by atoms with Crippen molar-refractivity contribution in [3.63, 3.8) is 0 Å². The summed E-state index contributed by atoms with van der Waals surface area (Å²) in [6, 6.07) is 8.00. The average Bonchev–Trinajstić information content (AvgIpc) is 3.04. The number of imidazole rings is 1. The minimum atomic E-state index is 0. The fraction of sp³-hybridized carbons (Fsp3) is 0.556. The molecule has 146 valence electrons. The molecule has 6 nitrogen and oxygen atoms in total. The Morgan fingerprint density at radius 2 is 1.96 bits per heavy atom. The lowest BCUT2D eigenvalue weighted by Gasteiger charge is -2.32. The van der Waals surface area contributed by atoms with Crippen LogP contribution in [0.3, 0.4) is 0 Å². The quantitative estimate of drug-likeness (QED) is 0.722. The number of nitrogens with two attached hydrogens (primary N) is 1. The number of nitrogens with zero attached hydrogens (tertiary/aromatic N) is 3. The second kappa shape index (κ2) is 11.4. The van der Waals surface area contributed by atoms with E-state index in [1.54, 1.807) is 0 Å². The van der Waals surface area contributed by atoms with Crippen LogP contribution >= 0.6 is 24.8 Å². The Balaban J connectivity index is 0.00000169. The summed E-state index contributed by atoms with van der Waals surface area (Å²) in [7, 11) is 0. The molecular weight excluding hydrogens is 375 g/mol. The summed E-state index contributed by atoms with van der Waals surface area (Å²) < 4.78 is 7.84. The van der Waals surface area contributed by atoms with Crippen LogP contribution in [0, 0.1) is 0 Å². The highest BCUT2D eigenvalue weighted by atomic mass is 35.5. The minimum Gasteiger partial charge on any atom is -0.378 e. The molecule has 1 fully saturated rings. The van der Waals surface area contributed by atoms with E-state index in [1.807, 2.05) is 35.5 Å². The summed E-state index contributed by atoms with van der Waals surface area (Å²) in [4.78, 5) is 18.8. The van der Waals surface area contributed by atoms with Crippen LogP contribution in [0.15, 0.2) is 30.6 Å². The van der Waals surface area contributed by atoms with E-state index in [9.17, 15) is 4.79 Å². The summed E-state index contributed by atoms with van der Waals surface area (Å²) >= 11 is 0. The molecule has 0 aliphatic carbocycles. The zero-order chi connectivity index (χ0) is 16.8. The maximum atomic E-state index is 12.4. The van der Waals surface area contributed by atoms with Crippen molar-refractivity contribution in [2.45, 2.75) is 38.3 Å². The second-order valence-electron chi connectivity index (χ2n) is 6.27. The number of piperidine rings is 1. The Morgan fingerprint density at radius 3 is 2.69 bits per heavy atom. The van der Waals surface area contributed by atoms with Gasteiger partial charge in [-0.3, -0.25) is 4.79 Å². The van der Waals surface area contributed by atoms with E-state index in [4.69, 9.17) is 10.5 Å². The number of aromatic nitrogens is 2. The second-order valence-corrected chi connectivity index (χ2v) is 6.27. The summed E-state index contributed by atoms with van der Waals surface area (Å²) in [5.74, 6) is 0.216. The largest absolute Gasteiger partial charge is 0.378 e. The molecule has 1 aromatic carbocycles. The van der Waals surface area contributed by atoms with Crippen LogP contribution in [0.1, 0.15) is 25.7 Å². The van der Waals surface area contributed by atoms with Gasteiger partial charge in [-0.05, 0) is 37.9 Å². The number of halogens is 2. The highest BCUT2D eigenvalue weighted by molar-refractivity contribution is 5.85. The van der Waals surface area contributed by atoms with Crippen LogP contribution in [0.2, 0.25) is 0 Å². The SMILES string of the molecule is Cl.Cl.NCCCOC1CCN(C(=O)CCn2cnc3ccccc32)CC1. The molecule has 8 heteroatoms. The maximum absolute atomic E-state index is 12.4. The van der Waals surface area contributed by atoms with E-state index in [0.29, 0.717) is 19.5 Å². The van der Waals surface area contributed by atoms with Crippen LogP contribution in [-0.2, 0) is 16.1 Å². The van der Waals surface area contributed by atoms with Crippen molar-refractivity contribution >= 4 is 41.8 Å². The van der Waals surface area contributed by atoms with Crippen LogP contribution in [0.5, 0.6) is 0 Å². The maximum Gasteiger partial charge on any atom is 0.224 e. The normalized spacial score (nSPS) is 14.7. The minimum absolute atomic E-state index is 0. The number of fused-ring (bicyclic) bond motifs is 1. The molecule has 2 aromatic rings. The van der Waals surface area contributed by atoms with Crippen LogP contribution in [0.25, 0.3) is 11.0 Å². The molecule has 1 amide bonds. The third kappa shape index (κ3) is 5.84. The number of carbonyl (C=O) groups is 1. The number of ether oxygens (including phenoxy) is 1. The number of rotatable bonds is 7. The number of hydrogen-bond acceptors (Lipinski definition) is 4. The molecule has 1 aliphatic rings. The molecule has 0 saturated carbocycles. The smallest absolute Gasteiger partial charge is 0.224 e. The van der Waals surface area contributed by atoms with E-state index >= 15 is 0 Å². The van der Waals surface area contributed by atoms with Gasteiger partial charge in [-0.2, -0.15) is 0 Å². The number of hydrogen-bond donors (Lipinski definition) is 1. The first-order valence-electron chi connectivity index (χ1n) is 8.77. The third-order valence-corrected chi connectivity index (χ3v) is 4.59. The Morgan fingerprint density at radius 1 is 1.23 bits per heavy atom. The lowest BCUT2D eigenvalue weighted by Crippen LogP contribution is -2.41. The van der Waals surface area contributed by atoms with Gasteiger partial charge in [0, 0.05) is 32.7 Å². The van der Waals surface area contributed by atoms with Gasteiger partial charge in [0.1, 0.15) is 0 Å². The molecule has 1 aromatic heterocycles. The van der Waals surface area contributed by atoms with Crippen molar-refractivity contribution in [1.29, 1.82) is 0 Å². The van der Waals surface area contributed by atoms with Crippen molar-refractivity contribution < 1.29 is 9.53 Å². The molecule has 0 spiro atoms. The van der Waals surface area contributed by atoms with E-state index in [1.165, 1.54) is 0 Å². The predicted octanol–water partition coefficient (Wildman–Crippen LogP) is 2.63. The van der Waals surface area contributed by atoms with Crippen LogP contribution < -0.4 is 5.73 Å². The zero-order valence-corrected chi connectivity index (χ0v) is 16.5. The van der Waals surface area contributed by atoms with Gasteiger partial charge in [-0.1, -0.05) is 12.1 Å². The molecule has 0 radical (unpaired) electrons. The standard InChI is InChI=1S/C18H26N4O2.2ClH/c19-9-3-13-24-15-6-10-21(11-7-15)18(23)8-12-22-14-20-16-4-1-2-5-17(16)22;;/h1-2,4-5,14-15H,3,6-13,19H2;2*1H. The highest BCUT2D eigenvalue weighted by Crippen LogP contribution is 2.16.